The van der Waals surface area contributed by atoms with Crippen LogP contribution in [0, 0.1) is 11.7 Å². The molecular formula is C21H25FN2O. The number of piperidine rings is 1. The number of halogens is 1. The van der Waals surface area contributed by atoms with Crippen LogP contribution in [0.1, 0.15) is 30.9 Å². The van der Waals surface area contributed by atoms with E-state index in [-0.39, 0.29) is 17.6 Å². The summed E-state index contributed by atoms with van der Waals surface area (Å²) in [5.74, 6) is -0.0212. The summed E-state index contributed by atoms with van der Waals surface area (Å²) in [5, 5.41) is 3.03. The zero-order valence-corrected chi connectivity index (χ0v) is 14.7. The molecule has 1 N–H and O–H groups in total. The van der Waals surface area contributed by atoms with Crippen LogP contribution in [0.3, 0.4) is 0 Å². The molecule has 0 spiro atoms. The topological polar surface area (TPSA) is 32.3 Å². The Balaban J connectivity index is 1.47. The fraction of sp³-hybridized carbons (Fsp3) is 0.381. The van der Waals surface area contributed by atoms with Crippen molar-refractivity contribution >= 4 is 11.6 Å². The average Bonchev–Trinajstić information content (AvgIpc) is 2.65. The molecule has 132 valence electrons. The SMILES string of the molecule is CCc1ccc(NC(=O)C2CCN(Cc3ccc(F)cc3)CC2)cc1. The molecule has 2 aromatic carbocycles. The van der Waals surface area contributed by atoms with Crippen molar-refractivity contribution in [2.24, 2.45) is 5.92 Å². The van der Waals surface area contributed by atoms with E-state index in [4.69, 9.17) is 0 Å². The number of hydrogen-bond donors (Lipinski definition) is 1. The Hall–Kier alpha value is -2.20. The van der Waals surface area contributed by atoms with Crippen LogP contribution in [-0.4, -0.2) is 23.9 Å². The van der Waals surface area contributed by atoms with Crippen molar-refractivity contribution in [3.63, 3.8) is 0 Å². The minimum atomic E-state index is -0.203. The number of hydrogen-bond acceptors (Lipinski definition) is 2. The summed E-state index contributed by atoms with van der Waals surface area (Å²) in [6.07, 6.45) is 2.72. The van der Waals surface area contributed by atoms with Crippen LogP contribution in [-0.2, 0) is 17.8 Å². The van der Waals surface area contributed by atoms with Gasteiger partial charge in [-0.1, -0.05) is 31.2 Å². The van der Waals surface area contributed by atoms with Gasteiger partial charge < -0.3 is 5.32 Å². The molecule has 0 atom stereocenters. The largest absolute Gasteiger partial charge is 0.326 e. The second-order valence-electron chi connectivity index (χ2n) is 6.72. The molecule has 1 aliphatic heterocycles. The van der Waals surface area contributed by atoms with E-state index in [9.17, 15) is 9.18 Å². The first kappa shape index (κ1) is 17.6. The van der Waals surface area contributed by atoms with Crippen LogP contribution in [0.25, 0.3) is 0 Å². The van der Waals surface area contributed by atoms with Crippen LogP contribution in [0.4, 0.5) is 10.1 Å². The first-order valence-corrected chi connectivity index (χ1v) is 9.00. The number of nitrogens with one attached hydrogen (secondary N) is 1. The molecule has 0 saturated carbocycles. The third-order valence-corrected chi connectivity index (χ3v) is 4.91. The van der Waals surface area contributed by atoms with Gasteiger partial charge in [0.25, 0.3) is 0 Å². The molecule has 0 aromatic heterocycles. The molecule has 25 heavy (non-hydrogen) atoms. The van der Waals surface area contributed by atoms with Crippen molar-refractivity contribution in [1.82, 2.24) is 4.90 Å². The normalized spacial score (nSPS) is 15.9. The van der Waals surface area contributed by atoms with Crippen LogP contribution in [0.15, 0.2) is 48.5 Å². The first-order chi connectivity index (χ1) is 12.1. The second-order valence-corrected chi connectivity index (χ2v) is 6.72. The highest BCUT2D eigenvalue weighted by atomic mass is 19.1. The van der Waals surface area contributed by atoms with Crippen molar-refractivity contribution in [1.29, 1.82) is 0 Å². The lowest BCUT2D eigenvalue weighted by Gasteiger charge is -2.31. The second kappa shape index (κ2) is 8.26. The average molecular weight is 340 g/mol. The van der Waals surface area contributed by atoms with Gasteiger partial charge in [-0.3, -0.25) is 9.69 Å². The number of nitrogens with zero attached hydrogens (tertiary/aromatic N) is 1. The summed E-state index contributed by atoms with van der Waals surface area (Å²) in [6, 6.07) is 14.7. The third kappa shape index (κ3) is 4.89. The molecule has 3 rings (SSSR count). The summed E-state index contributed by atoms with van der Waals surface area (Å²) >= 11 is 0. The van der Waals surface area contributed by atoms with Crippen molar-refractivity contribution in [2.75, 3.05) is 18.4 Å². The number of rotatable bonds is 5. The van der Waals surface area contributed by atoms with Crippen molar-refractivity contribution in [2.45, 2.75) is 32.7 Å². The predicted octanol–water partition coefficient (Wildman–Crippen LogP) is 4.24. The van der Waals surface area contributed by atoms with Gasteiger partial charge in [-0.05, 0) is 67.7 Å². The van der Waals surface area contributed by atoms with Gasteiger partial charge in [-0.25, -0.2) is 4.39 Å². The summed E-state index contributed by atoms with van der Waals surface area (Å²) < 4.78 is 13.0. The van der Waals surface area contributed by atoms with E-state index in [1.54, 1.807) is 0 Å². The first-order valence-electron chi connectivity index (χ1n) is 9.00. The fourth-order valence-corrected chi connectivity index (χ4v) is 3.27. The van der Waals surface area contributed by atoms with Crippen LogP contribution in [0.5, 0.6) is 0 Å². The zero-order chi connectivity index (χ0) is 17.6. The Morgan fingerprint density at radius 3 is 2.24 bits per heavy atom. The standard InChI is InChI=1S/C21H25FN2O/c1-2-16-5-9-20(10-6-16)23-21(25)18-11-13-24(14-12-18)15-17-3-7-19(22)8-4-17/h3-10,18H,2,11-15H2,1H3,(H,23,25). The molecule has 4 heteroatoms. The van der Waals surface area contributed by atoms with E-state index < -0.39 is 0 Å². The van der Waals surface area contributed by atoms with Gasteiger partial charge in [0.2, 0.25) is 5.91 Å². The number of amides is 1. The maximum Gasteiger partial charge on any atom is 0.227 e. The molecule has 1 saturated heterocycles. The molecule has 0 bridgehead atoms. The molecule has 0 radical (unpaired) electrons. The molecule has 1 heterocycles. The quantitative estimate of drug-likeness (QED) is 0.883. The highest BCUT2D eigenvalue weighted by Gasteiger charge is 2.25. The summed E-state index contributed by atoms with van der Waals surface area (Å²) in [6.45, 7) is 4.72. The fourth-order valence-electron chi connectivity index (χ4n) is 3.27. The molecule has 3 nitrogen and oxygen atoms in total. The smallest absolute Gasteiger partial charge is 0.227 e. The molecule has 1 fully saturated rings. The monoisotopic (exact) mass is 340 g/mol. The third-order valence-electron chi connectivity index (χ3n) is 4.91. The van der Waals surface area contributed by atoms with E-state index in [0.29, 0.717) is 0 Å². The lowest BCUT2D eigenvalue weighted by molar-refractivity contribution is -0.121. The Morgan fingerprint density at radius 2 is 1.64 bits per heavy atom. The Kier molecular flexibility index (Phi) is 5.82. The van der Waals surface area contributed by atoms with E-state index >= 15 is 0 Å². The molecule has 0 unspecified atom stereocenters. The van der Waals surface area contributed by atoms with Crippen LogP contribution >= 0.6 is 0 Å². The number of anilines is 1. The van der Waals surface area contributed by atoms with Gasteiger partial charge >= 0.3 is 0 Å². The van der Waals surface area contributed by atoms with Crippen LogP contribution < -0.4 is 5.32 Å². The molecule has 1 amide bonds. The van der Waals surface area contributed by atoms with Gasteiger partial charge in [0.15, 0.2) is 0 Å². The number of aryl methyl sites for hydroxylation is 1. The molecular weight excluding hydrogens is 315 g/mol. The van der Waals surface area contributed by atoms with Gasteiger partial charge in [0.1, 0.15) is 5.82 Å². The summed E-state index contributed by atoms with van der Waals surface area (Å²) in [4.78, 5) is 14.8. The summed E-state index contributed by atoms with van der Waals surface area (Å²) in [7, 11) is 0. The molecule has 0 aliphatic carbocycles. The lowest BCUT2D eigenvalue weighted by Crippen LogP contribution is -2.37. The zero-order valence-electron chi connectivity index (χ0n) is 14.7. The predicted molar refractivity (Wildman–Crippen MR) is 98.9 cm³/mol. The lowest BCUT2D eigenvalue weighted by atomic mass is 9.95. The highest BCUT2D eigenvalue weighted by Crippen LogP contribution is 2.21. The Morgan fingerprint density at radius 1 is 1.04 bits per heavy atom. The van der Waals surface area contributed by atoms with E-state index in [1.165, 1.54) is 17.7 Å². The molecule has 2 aromatic rings. The van der Waals surface area contributed by atoms with Gasteiger partial charge in [-0.15, -0.1) is 0 Å². The van der Waals surface area contributed by atoms with Crippen LogP contribution in [0.2, 0.25) is 0 Å². The minimum Gasteiger partial charge on any atom is -0.326 e. The van der Waals surface area contributed by atoms with Crippen molar-refractivity contribution in [3.8, 4) is 0 Å². The van der Waals surface area contributed by atoms with Crippen molar-refractivity contribution < 1.29 is 9.18 Å². The number of carbonyl (C=O) groups excluding carboxylic acids is 1. The van der Waals surface area contributed by atoms with Gasteiger partial charge in [-0.2, -0.15) is 0 Å². The highest BCUT2D eigenvalue weighted by molar-refractivity contribution is 5.92. The summed E-state index contributed by atoms with van der Waals surface area (Å²) in [5.41, 5.74) is 3.25. The van der Waals surface area contributed by atoms with Gasteiger partial charge in [0.05, 0.1) is 0 Å². The maximum atomic E-state index is 13.0. The molecule has 1 aliphatic rings. The van der Waals surface area contributed by atoms with E-state index in [0.717, 1.165) is 50.1 Å². The van der Waals surface area contributed by atoms with Crippen molar-refractivity contribution in [3.05, 3.63) is 65.5 Å². The van der Waals surface area contributed by atoms with E-state index in [1.807, 2.05) is 24.3 Å². The van der Waals surface area contributed by atoms with E-state index in [2.05, 4.69) is 29.3 Å². The maximum absolute atomic E-state index is 13.0. The number of likely N-dealkylation sites (tertiary alicyclic amines) is 1. The Bertz CT molecular complexity index is 689. The number of carbonyl (C=O) groups is 1. The number of benzene rings is 2. The Labute approximate surface area is 148 Å². The minimum absolute atomic E-state index is 0.0651. The van der Waals surface area contributed by atoms with Gasteiger partial charge in [0, 0.05) is 18.2 Å².